The molecule has 26 heavy (non-hydrogen) atoms. The maximum absolute atomic E-state index is 13.4. The minimum absolute atomic E-state index is 0.105. The van der Waals surface area contributed by atoms with Gasteiger partial charge in [0.1, 0.15) is 6.61 Å². The smallest absolute Gasteiger partial charge is 0.416 e. The predicted octanol–water partition coefficient (Wildman–Crippen LogP) is 4.40. The lowest BCUT2D eigenvalue weighted by Gasteiger charge is -2.15. The number of hydrogen-bond acceptors (Lipinski definition) is 2. The highest BCUT2D eigenvalue weighted by molar-refractivity contribution is 5.91. The van der Waals surface area contributed by atoms with E-state index >= 15 is 0 Å². The normalized spacial score (nSPS) is 11.6. The molecule has 0 spiro atoms. The van der Waals surface area contributed by atoms with E-state index in [-0.39, 0.29) is 24.8 Å². The number of halogens is 4. The second-order valence-electron chi connectivity index (χ2n) is 5.49. The molecule has 0 aliphatic heterocycles. The summed E-state index contributed by atoms with van der Waals surface area (Å²) in [4.78, 5) is 13.3. The fourth-order valence-corrected chi connectivity index (χ4v) is 2.04. The zero-order valence-electron chi connectivity index (χ0n) is 14.0. The highest BCUT2D eigenvalue weighted by atomic mass is 19.4. The van der Waals surface area contributed by atoms with Gasteiger partial charge >= 0.3 is 6.18 Å². The molecule has 0 saturated heterocycles. The monoisotopic (exact) mass is 367 g/mol. The van der Waals surface area contributed by atoms with Gasteiger partial charge in [-0.2, -0.15) is 13.2 Å². The van der Waals surface area contributed by atoms with Gasteiger partial charge in [0.2, 0.25) is 5.91 Å². The lowest BCUT2D eigenvalue weighted by Crippen LogP contribution is -2.29. The van der Waals surface area contributed by atoms with E-state index in [1.54, 1.807) is 19.2 Å². The van der Waals surface area contributed by atoms with E-state index in [2.05, 4.69) is 0 Å². The molecule has 0 aromatic heterocycles. The summed E-state index contributed by atoms with van der Waals surface area (Å²) in [6, 6.07) is 10.4. The lowest BCUT2D eigenvalue weighted by molar-refractivity contribution is -0.137. The maximum Gasteiger partial charge on any atom is 0.416 e. The molecule has 138 valence electrons. The van der Waals surface area contributed by atoms with Crippen LogP contribution in [0.2, 0.25) is 0 Å². The van der Waals surface area contributed by atoms with E-state index < -0.39 is 17.6 Å². The van der Waals surface area contributed by atoms with Crippen LogP contribution in [0.3, 0.4) is 0 Å². The third-order valence-corrected chi connectivity index (χ3v) is 3.55. The Morgan fingerprint density at radius 3 is 2.38 bits per heavy atom. The van der Waals surface area contributed by atoms with E-state index in [1.165, 1.54) is 41.3 Å². The van der Waals surface area contributed by atoms with Crippen LogP contribution in [0.25, 0.3) is 6.08 Å². The fraction of sp³-hybridized carbons (Fsp3) is 0.211. The molecule has 1 amide bonds. The van der Waals surface area contributed by atoms with Gasteiger partial charge in [-0.15, -0.1) is 0 Å². The molecule has 0 radical (unpaired) electrons. The molecule has 0 N–H and O–H groups in total. The molecule has 0 bridgehead atoms. The third-order valence-electron chi connectivity index (χ3n) is 3.55. The molecule has 2 aromatic rings. The largest absolute Gasteiger partial charge is 0.489 e. The molecule has 0 fully saturated rings. The second-order valence-corrected chi connectivity index (χ2v) is 5.49. The van der Waals surface area contributed by atoms with E-state index in [0.29, 0.717) is 5.56 Å². The number of amides is 1. The highest BCUT2D eigenvalue weighted by Gasteiger charge is 2.29. The van der Waals surface area contributed by atoms with Crippen LogP contribution in [-0.4, -0.2) is 31.0 Å². The van der Waals surface area contributed by atoms with Crippen LogP contribution in [-0.2, 0) is 11.0 Å². The van der Waals surface area contributed by atoms with Crippen molar-refractivity contribution in [1.29, 1.82) is 0 Å². The number of carbonyl (C=O) groups is 1. The van der Waals surface area contributed by atoms with Crippen molar-refractivity contribution in [3.8, 4) is 5.75 Å². The average molecular weight is 367 g/mol. The third kappa shape index (κ3) is 5.61. The van der Waals surface area contributed by atoms with E-state index in [1.807, 2.05) is 0 Å². The standard InChI is InChI=1S/C19H17F4NO2/c1-24(12-13-26-17-5-3-2-4-16(17)20)18(25)11-8-14-6-9-15(10-7-14)19(21,22)23/h2-11H,12-13H2,1H3/b11-8+. The van der Waals surface area contributed by atoms with Crippen molar-refractivity contribution in [2.24, 2.45) is 0 Å². The zero-order valence-corrected chi connectivity index (χ0v) is 14.0. The van der Waals surface area contributed by atoms with Crippen molar-refractivity contribution >= 4 is 12.0 Å². The summed E-state index contributed by atoms with van der Waals surface area (Å²) < 4.78 is 56.1. The minimum atomic E-state index is -4.39. The summed E-state index contributed by atoms with van der Waals surface area (Å²) >= 11 is 0. The summed E-state index contributed by atoms with van der Waals surface area (Å²) in [6.07, 6.45) is -1.71. The SMILES string of the molecule is CN(CCOc1ccccc1F)C(=O)/C=C/c1ccc(C(F)(F)F)cc1. The summed E-state index contributed by atoms with van der Waals surface area (Å²) in [5.74, 6) is -0.723. The van der Waals surface area contributed by atoms with Crippen molar-refractivity contribution in [1.82, 2.24) is 4.90 Å². The van der Waals surface area contributed by atoms with Crippen LogP contribution >= 0.6 is 0 Å². The van der Waals surface area contributed by atoms with Crippen LogP contribution in [0, 0.1) is 5.82 Å². The summed E-state index contributed by atoms with van der Waals surface area (Å²) in [7, 11) is 1.55. The quantitative estimate of drug-likeness (QED) is 0.560. The van der Waals surface area contributed by atoms with Crippen molar-refractivity contribution in [2.75, 3.05) is 20.2 Å². The van der Waals surface area contributed by atoms with Gasteiger partial charge in [0.05, 0.1) is 12.1 Å². The lowest BCUT2D eigenvalue weighted by atomic mass is 10.1. The Balaban J connectivity index is 1.84. The van der Waals surface area contributed by atoms with Gasteiger partial charge in [-0.05, 0) is 35.9 Å². The van der Waals surface area contributed by atoms with Crippen molar-refractivity contribution < 1.29 is 27.1 Å². The molecule has 0 unspecified atom stereocenters. The van der Waals surface area contributed by atoms with Crippen molar-refractivity contribution in [3.05, 3.63) is 71.6 Å². The Morgan fingerprint density at radius 1 is 1.12 bits per heavy atom. The van der Waals surface area contributed by atoms with Crippen molar-refractivity contribution in [2.45, 2.75) is 6.18 Å². The Kier molecular flexibility index (Phi) is 6.38. The fourth-order valence-electron chi connectivity index (χ4n) is 2.04. The molecular weight excluding hydrogens is 350 g/mol. The zero-order chi connectivity index (χ0) is 19.2. The summed E-state index contributed by atoms with van der Waals surface area (Å²) in [5, 5.41) is 0. The molecular formula is C19H17F4NO2. The molecule has 0 atom stereocenters. The first-order chi connectivity index (χ1) is 12.3. The number of para-hydroxylation sites is 1. The van der Waals surface area contributed by atoms with Gasteiger partial charge in [0, 0.05) is 13.1 Å². The van der Waals surface area contributed by atoms with Gasteiger partial charge in [0.15, 0.2) is 11.6 Å². The number of carbonyl (C=O) groups excluding carboxylic acids is 1. The number of nitrogens with zero attached hydrogens (tertiary/aromatic N) is 1. The number of ether oxygens (including phenoxy) is 1. The molecule has 0 heterocycles. The van der Waals surface area contributed by atoms with Gasteiger partial charge in [-0.3, -0.25) is 4.79 Å². The van der Waals surface area contributed by atoms with Crippen LogP contribution in [0.4, 0.5) is 17.6 Å². The first-order valence-electron chi connectivity index (χ1n) is 7.75. The van der Waals surface area contributed by atoms with Crippen LogP contribution in [0.15, 0.2) is 54.6 Å². The van der Waals surface area contributed by atoms with Crippen LogP contribution in [0.1, 0.15) is 11.1 Å². The summed E-state index contributed by atoms with van der Waals surface area (Å²) in [5.41, 5.74) is -0.272. The number of hydrogen-bond donors (Lipinski definition) is 0. The first-order valence-corrected chi connectivity index (χ1v) is 7.75. The van der Waals surface area contributed by atoms with E-state index in [9.17, 15) is 22.4 Å². The number of rotatable bonds is 6. The van der Waals surface area contributed by atoms with E-state index in [0.717, 1.165) is 12.1 Å². The summed E-state index contributed by atoms with van der Waals surface area (Å²) in [6.45, 7) is 0.335. The molecule has 0 aliphatic rings. The van der Waals surface area contributed by atoms with Gasteiger partial charge in [-0.25, -0.2) is 4.39 Å². The van der Waals surface area contributed by atoms with Gasteiger partial charge in [0.25, 0.3) is 0 Å². The topological polar surface area (TPSA) is 29.5 Å². The number of likely N-dealkylation sites (N-methyl/N-ethyl adjacent to an activating group) is 1. The Morgan fingerprint density at radius 2 is 1.77 bits per heavy atom. The molecule has 3 nitrogen and oxygen atoms in total. The van der Waals surface area contributed by atoms with Crippen LogP contribution < -0.4 is 4.74 Å². The highest BCUT2D eigenvalue weighted by Crippen LogP contribution is 2.29. The average Bonchev–Trinajstić information content (AvgIpc) is 2.60. The Labute approximate surface area is 148 Å². The predicted molar refractivity (Wildman–Crippen MR) is 90.0 cm³/mol. The molecule has 2 rings (SSSR count). The Hall–Kier alpha value is -2.83. The Bertz CT molecular complexity index is 770. The van der Waals surface area contributed by atoms with Gasteiger partial charge < -0.3 is 9.64 Å². The number of alkyl halides is 3. The van der Waals surface area contributed by atoms with Crippen molar-refractivity contribution in [3.63, 3.8) is 0 Å². The minimum Gasteiger partial charge on any atom is -0.489 e. The maximum atomic E-state index is 13.4. The molecule has 0 aliphatic carbocycles. The van der Waals surface area contributed by atoms with E-state index in [4.69, 9.17) is 4.74 Å². The molecule has 7 heteroatoms. The number of benzene rings is 2. The molecule has 0 saturated carbocycles. The first kappa shape index (κ1) is 19.5. The second kappa shape index (κ2) is 8.51. The van der Waals surface area contributed by atoms with Crippen LogP contribution in [0.5, 0.6) is 5.75 Å². The molecule has 2 aromatic carbocycles. The van der Waals surface area contributed by atoms with Gasteiger partial charge in [-0.1, -0.05) is 24.3 Å².